The molecule has 1 atom stereocenters. The summed E-state index contributed by atoms with van der Waals surface area (Å²) in [5.41, 5.74) is -0.264. The molecule has 0 aromatic carbocycles. The molecule has 0 aliphatic rings. The summed E-state index contributed by atoms with van der Waals surface area (Å²) in [4.78, 5) is 23.5. The number of hydrogen-bond acceptors (Lipinski definition) is 5. The van der Waals surface area contributed by atoms with E-state index in [9.17, 15) is 9.59 Å². The third-order valence-electron chi connectivity index (χ3n) is 2.09. The van der Waals surface area contributed by atoms with Gasteiger partial charge < -0.3 is 10.1 Å². The molecule has 0 bridgehead atoms. The normalized spacial score (nSPS) is 12.9. The first-order valence-electron chi connectivity index (χ1n) is 5.59. The Morgan fingerprint density at radius 3 is 2.50 bits per heavy atom. The van der Waals surface area contributed by atoms with Gasteiger partial charge in [-0.25, -0.2) is 9.48 Å². The zero-order valence-electron chi connectivity index (χ0n) is 11.2. The van der Waals surface area contributed by atoms with E-state index >= 15 is 0 Å². The highest BCUT2D eigenvalue weighted by Gasteiger charge is 2.23. The lowest BCUT2D eigenvalue weighted by molar-refractivity contribution is 0.0496. The van der Waals surface area contributed by atoms with Crippen LogP contribution >= 0.6 is 0 Å². The lowest BCUT2D eigenvalue weighted by Gasteiger charge is -2.21. The number of rotatable bonds is 3. The monoisotopic (exact) mass is 254 g/mol. The molecule has 1 N–H and O–H groups in total. The molecule has 0 fully saturated rings. The van der Waals surface area contributed by atoms with E-state index in [-0.39, 0.29) is 5.78 Å². The Hall–Kier alpha value is -1.92. The van der Waals surface area contributed by atoms with Crippen molar-refractivity contribution in [2.75, 3.05) is 0 Å². The zero-order valence-corrected chi connectivity index (χ0v) is 11.2. The molecule has 0 aliphatic carbocycles. The van der Waals surface area contributed by atoms with Gasteiger partial charge >= 0.3 is 6.09 Å². The lowest BCUT2D eigenvalue weighted by atomic mass is 10.1. The fourth-order valence-corrected chi connectivity index (χ4v) is 1.28. The Labute approximate surface area is 105 Å². The maximum Gasteiger partial charge on any atom is 0.408 e. The first-order valence-corrected chi connectivity index (χ1v) is 5.59. The Balaban J connectivity index is 2.61. The second kappa shape index (κ2) is 5.16. The van der Waals surface area contributed by atoms with E-state index in [0.717, 1.165) is 0 Å². The standard InChI is InChI=1S/C11H18N4O3/c1-7(13-10(17)18-11(2,3)4)9(16)8-6-12-14-15(8)5/h6-7H,1-5H3,(H,13,17). The van der Waals surface area contributed by atoms with Gasteiger partial charge in [-0.2, -0.15) is 0 Å². The Kier molecular flexibility index (Phi) is 4.05. The molecule has 1 aromatic rings. The van der Waals surface area contributed by atoms with Gasteiger partial charge in [0.15, 0.2) is 0 Å². The number of alkyl carbamates (subject to hydrolysis) is 1. The summed E-state index contributed by atoms with van der Waals surface area (Å²) in [6.45, 7) is 6.84. The van der Waals surface area contributed by atoms with Gasteiger partial charge in [0.1, 0.15) is 11.3 Å². The van der Waals surface area contributed by atoms with Crippen LogP contribution in [0.2, 0.25) is 0 Å². The summed E-state index contributed by atoms with van der Waals surface area (Å²) in [6, 6.07) is -0.697. The highest BCUT2D eigenvalue weighted by Crippen LogP contribution is 2.07. The minimum Gasteiger partial charge on any atom is -0.444 e. The maximum absolute atomic E-state index is 12.0. The summed E-state index contributed by atoms with van der Waals surface area (Å²) in [7, 11) is 1.61. The number of nitrogens with one attached hydrogen (secondary N) is 1. The number of amides is 1. The second-order valence-electron chi connectivity index (χ2n) is 4.98. The van der Waals surface area contributed by atoms with Crippen molar-refractivity contribution >= 4 is 11.9 Å². The van der Waals surface area contributed by atoms with Gasteiger partial charge in [0.2, 0.25) is 5.78 Å². The van der Waals surface area contributed by atoms with Crippen LogP contribution in [0.5, 0.6) is 0 Å². The minimum atomic E-state index is -0.697. The molecule has 0 radical (unpaired) electrons. The molecule has 7 heteroatoms. The highest BCUT2D eigenvalue weighted by atomic mass is 16.6. The lowest BCUT2D eigenvalue weighted by Crippen LogP contribution is -2.42. The molecule has 1 aromatic heterocycles. The number of nitrogens with zero attached hydrogens (tertiary/aromatic N) is 3. The number of ether oxygens (including phenoxy) is 1. The van der Waals surface area contributed by atoms with E-state index < -0.39 is 17.7 Å². The van der Waals surface area contributed by atoms with Crippen molar-refractivity contribution in [3.8, 4) is 0 Å². The van der Waals surface area contributed by atoms with Crippen LogP contribution in [0.4, 0.5) is 4.79 Å². The number of ketones is 1. The van der Waals surface area contributed by atoms with Crippen molar-refractivity contribution in [2.45, 2.75) is 39.3 Å². The largest absolute Gasteiger partial charge is 0.444 e. The van der Waals surface area contributed by atoms with Crippen LogP contribution in [0.15, 0.2) is 6.20 Å². The molecular formula is C11H18N4O3. The fraction of sp³-hybridized carbons (Fsp3) is 0.636. The first kappa shape index (κ1) is 14.1. The summed E-state index contributed by atoms with van der Waals surface area (Å²) >= 11 is 0. The van der Waals surface area contributed by atoms with Gasteiger partial charge in [-0.05, 0) is 27.7 Å². The van der Waals surface area contributed by atoms with E-state index in [1.54, 1.807) is 34.7 Å². The molecule has 7 nitrogen and oxygen atoms in total. The smallest absolute Gasteiger partial charge is 0.408 e. The van der Waals surface area contributed by atoms with E-state index in [1.165, 1.54) is 10.9 Å². The number of carbonyl (C=O) groups excluding carboxylic acids is 2. The molecule has 1 heterocycles. The third-order valence-corrected chi connectivity index (χ3v) is 2.09. The molecule has 18 heavy (non-hydrogen) atoms. The number of Topliss-reactive ketones (excluding diaryl/α,β-unsaturated/α-hetero) is 1. The predicted octanol–water partition coefficient (Wildman–Crippen LogP) is 0.911. The van der Waals surface area contributed by atoms with Gasteiger partial charge in [0.05, 0.1) is 12.2 Å². The van der Waals surface area contributed by atoms with E-state index in [0.29, 0.717) is 5.69 Å². The molecule has 0 spiro atoms. The minimum absolute atomic E-state index is 0.270. The fourth-order valence-electron chi connectivity index (χ4n) is 1.28. The van der Waals surface area contributed by atoms with Crippen LogP contribution in [-0.2, 0) is 11.8 Å². The summed E-state index contributed by atoms with van der Waals surface area (Å²) in [6.07, 6.45) is 0.730. The van der Waals surface area contributed by atoms with Gasteiger partial charge in [-0.15, -0.1) is 5.10 Å². The molecule has 0 aliphatic heterocycles. The molecular weight excluding hydrogens is 236 g/mol. The van der Waals surface area contributed by atoms with E-state index in [4.69, 9.17) is 4.74 Å². The molecule has 0 saturated carbocycles. The van der Waals surface area contributed by atoms with Crippen LogP contribution in [0.3, 0.4) is 0 Å². The summed E-state index contributed by atoms with van der Waals surface area (Å²) in [5.74, 6) is -0.270. The van der Waals surface area contributed by atoms with Gasteiger partial charge in [-0.3, -0.25) is 4.79 Å². The summed E-state index contributed by atoms with van der Waals surface area (Å²) < 4.78 is 6.42. The van der Waals surface area contributed by atoms with Crippen molar-refractivity contribution in [1.82, 2.24) is 20.3 Å². The van der Waals surface area contributed by atoms with Crippen molar-refractivity contribution in [3.63, 3.8) is 0 Å². The maximum atomic E-state index is 12.0. The van der Waals surface area contributed by atoms with Crippen molar-refractivity contribution in [3.05, 3.63) is 11.9 Å². The van der Waals surface area contributed by atoms with Crippen LogP contribution in [0.25, 0.3) is 0 Å². The third kappa shape index (κ3) is 3.83. The van der Waals surface area contributed by atoms with E-state index in [2.05, 4.69) is 15.6 Å². The highest BCUT2D eigenvalue weighted by molar-refractivity contribution is 5.99. The molecule has 100 valence electrons. The number of aromatic nitrogens is 3. The van der Waals surface area contributed by atoms with Gasteiger partial charge in [0, 0.05) is 7.05 Å². The average Bonchev–Trinajstić information content (AvgIpc) is 2.60. The quantitative estimate of drug-likeness (QED) is 0.810. The van der Waals surface area contributed by atoms with Crippen molar-refractivity contribution in [1.29, 1.82) is 0 Å². The van der Waals surface area contributed by atoms with E-state index in [1.807, 2.05) is 0 Å². The molecule has 1 unspecified atom stereocenters. The van der Waals surface area contributed by atoms with Gasteiger partial charge in [-0.1, -0.05) is 5.21 Å². The van der Waals surface area contributed by atoms with Gasteiger partial charge in [0.25, 0.3) is 0 Å². The Morgan fingerprint density at radius 1 is 1.44 bits per heavy atom. The van der Waals surface area contributed by atoms with Crippen LogP contribution < -0.4 is 5.32 Å². The number of aryl methyl sites for hydroxylation is 1. The Bertz CT molecular complexity index is 447. The number of hydrogen-bond donors (Lipinski definition) is 1. The Morgan fingerprint density at radius 2 is 2.06 bits per heavy atom. The van der Waals surface area contributed by atoms with Crippen LogP contribution in [0, 0.1) is 0 Å². The molecule has 1 rings (SSSR count). The second-order valence-corrected chi connectivity index (χ2v) is 4.98. The topological polar surface area (TPSA) is 86.1 Å². The van der Waals surface area contributed by atoms with Crippen LogP contribution in [0.1, 0.15) is 38.2 Å². The number of carbonyl (C=O) groups is 2. The SMILES string of the molecule is CC(NC(=O)OC(C)(C)C)C(=O)c1cnnn1C. The average molecular weight is 254 g/mol. The van der Waals surface area contributed by atoms with Crippen molar-refractivity contribution in [2.24, 2.45) is 7.05 Å². The molecule has 0 saturated heterocycles. The van der Waals surface area contributed by atoms with Crippen LogP contribution in [-0.4, -0.2) is 38.5 Å². The first-order chi connectivity index (χ1) is 8.20. The predicted molar refractivity (Wildman–Crippen MR) is 64.2 cm³/mol. The summed E-state index contributed by atoms with van der Waals surface area (Å²) in [5, 5.41) is 9.74. The van der Waals surface area contributed by atoms with Crippen molar-refractivity contribution < 1.29 is 14.3 Å². The zero-order chi connectivity index (χ0) is 13.9. The molecule has 1 amide bonds.